The maximum Gasteiger partial charge on any atom is 0.270 e. The summed E-state index contributed by atoms with van der Waals surface area (Å²) >= 11 is 0. The maximum absolute atomic E-state index is 12.7. The van der Waals surface area contributed by atoms with Crippen LogP contribution in [0.4, 0.5) is 0 Å². The number of carbonyl (C=O) groups excluding carboxylic acids is 2. The summed E-state index contributed by atoms with van der Waals surface area (Å²) in [6.45, 7) is 4.06. The van der Waals surface area contributed by atoms with Gasteiger partial charge in [0.2, 0.25) is 5.91 Å². The smallest absolute Gasteiger partial charge is 0.270 e. The molecule has 2 amide bonds. The highest BCUT2D eigenvalue weighted by Crippen LogP contribution is 2.34. The molecular formula is C19H25N3O3. The van der Waals surface area contributed by atoms with Crippen LogP contribution in [0.2, 0.25) is 0 Å². The SMILES string of the molecule is CCOc1ccccc1C1CCN(C(=O)C2=NN(C)C(=O)CC2)CC1. The average Bonchev–Trinajstić information content (AvgIpc) is 2.64. The van der Waals surface area contributed by atoms with E-state index >= 15 is 0 Å². The number of hydrazone groups is 1. The van der Waals surface area contributed by atoms with E-state index in [2.05, 4.69) is 11.2 Å². The quantitative estimate of drug-likeness (QED) is 0.843. The van der Waals surface area contributed by atoms with Gasteiger partial charge in [0.15, 0.2) is 0 Å². The maximum atomic E-state index is 12.7. The van der Waals surface area contributed by atoms with Gasteiger partial charge in [-0.15, -0.1) is 0 Å². The van der Waals surface area contributed by atoms with Crippen molar-refractivity contribution in [3.8, 4) is 5.75 Å². The molecular weight excluding hydrogens is 318 g/mol. The lowest BCUT2D eigenvalue weighted by Crippen LogP contribution is -2.44. The summed E-state index contributed by atoms with van der Waals surface area (Å²) in [7, 11) is 1.60. The number of ether oxygens (including phenoxy) is 1. The molecule has 2 aliphatic heterocycles. The molecule has 0 aliphatic carbocycles. The van der Waals surface area contributed by atoms with Crippen molar-refractivity contribution in [2.75, 3.05) is 26.7 Å². The number of piperidine rings is 1. The standard InChI is InChI=1S/C19H25N3O3/c1-3-25-17-7-5-4-6-15(17)14-10-12-22(13-11-14)19(24)16-8-9-18(23)21(2)20-16/h4-7,14H,3,8-13H2,1-2H3. The summed E-state index contributed by atoms with van der Waals surface area (Å²) in [6, 6.07) is 8.17. The highest BCUT2D eigenvalue weighted by atomic mass is 16.5. The average molecular weight is 343 g/mol. The molecule has 0 spiro atoms. The number of para-hydroxylation sites is 1. The Labute approximate surface area is 148 Å². The van der Waals surface area contributed by atoms with Crippen LogP contribution in [-0.4, -0.2) is 54.2 Å². The topological polar surface area (TPSA) is 62.2 Å². The monoisotopic (exact) mass is 343 g/mol. The minimum Gasteiger partial charge on any atom is -0.494 e. The van der Waals surface area contributed by atoms with Gasteiger partial charge in [-0.25, -0.2) is 5.01 Å². The minimum absolute atomic E-state index is 0.0316. The summed E-state index contributed by atoms with van der Waals surface area (Å²) in [4.78, 5) is 26.0. The van der Waals surface area contributed by atoms with Gasteiger partial charge in [0.1, 0.15) is 11.5 Å². The minimum atomic E-state index is -0.0391. The molecule has 1 aromatic carbocycles. The predicted molar refractivity (Wildman–Crippen MR) is 95.6 cm³/mol. The lowest BCUT2D eigenvalue weighted by molar-refractivity contribution is -0.130. The first-order valence-corrected chi connectivity index (χ1v) is 8.95. The van der Waals surface area contributed by atoms with E-state index in [0.717, 1.165) is 18.6 Å². The van der Waals surface area contributed by atoms with E-state index in [4.69, 9.17) is 4.74 Å². The number of hydrogen-bond donors (Lipinski definition) is 0. The van der Waals surface area contributed by atoms with Crippen LogP contribution in [0.1, 0.15) is 44.1 Å². The van der Waals surface area contributed by atoms with Crippen LogP contribution in [0.25, 0.3) is 0 Å². The second kappa shape index (κ2) is 7.68. The Bertz CT molecular complexity index is 678. The molecule has 1 fully saturated rings. The highest BCUT2D eigenvalue weighted by Gasteiger charge is 2.30. The van der Waals surface area contributed by atoms with Gasteiger partial charge in [0, 0.05) is 33.0 Å². The second-order valence-corrected chi connectivity index (χ2v) is 6.50. The Morgan fingerprint density at radius 3 is 2.64 bits per heavy atom. The van der Waals surface area contributed by atoms with Crippen molar-refractivity contribution in [3.63, 3.8) is 0 Å². The third kappa shape index (κ3) is 3.83. The van der Waals surface area contributed by atoms with Crippen LogP contribution in [0.3, 0.4) is 0 Å². The molecule has 6 nitrogen and oxygen atoms in total. The van der Waals surface area contributed by atoms with Gasteiger partial charge < -0.3 is 9.64 Å². The molecule has 25 heavy (non-hydrogen) atoms. The molecule has 6 heteroatoms. The van der Waals surface area contributed by atoms with Gasteiger partial charge in [0.05, 0.1) is 6.61 Å². The van der Waals surface area contributed by atoms with Crippen LogP contribution in [-0.2, 0) is 9.59 Å². The van der Waals surface area contributed by atoms with Crippen molar-refractivity contribution in [2.24, 2.45) is 5.10 Å². The van der Waals surface area contributed by atoms with Crippen molar-refractivity contribution in [1.29, 1.82) is 0 Å². The lowest BCUT2D eigenvalue weighted by atomic mass is 9.88. The summed E-state index contributed by atoms with van der Waals surface area (Å²) in [5.41, 5.74) is 1.73. The van der Waals surface area contributed by atoms with Gasteiger partial charge in [-0.05, 0) is 37.3 Å². The van der Waals surface area contributed by atoms with Gasteiger partial charge in [0.25, 0.3) is 5.91 Å². The first-order valence-electron chi connectivity index (χ1n) is 8.95. The molecule has 134 valence electrons. The van der Waals surface area contributed by atoms with E-state index in [1.807, 2.05) is 30.0 Å². The molecule has 0 radical (unpaired) electrons. The van der Waals surface area contributed by atoms with E-state index in [-0.39, 0.29) is 11.8 Å². The lowest BCUT2D eigenvalue weighted by Gasteiger charge is -2.33. The largest absolute Gasteiger partial charge is 0.494 e. The van der Waals surface area contributed by atoms with Crippen molar-refractivity contribution in [1.82, 2.24) is 9.91 Å². The molecule has 1 aromatic rings. The zero-order chi connectivity index (χ0) is 17.8. The zero-order valence-electron chi connectivity index (χ0n) is 14.9. The molecule has 0 saturated carbocycles. The third-order valence-corrected chi connectivity index (χ3v) is 4.90. The van der Waals surface area contributed by atoms with Gasteiger partial charge in [-0.3, -0.25) is 9.59 Å². The molecule has 2 heterocycles. The van der Waals surface area contributed by atoms with E-state index in [1.165, 1.54) is 10.6 Å². The Kier molecular flexibility index (Phi) is 5.36. The normalized spacial score (nSPS) is 19.0. The Morgan fingerprint density at radius 1 is 1.24 bits per heavy atom. The van der Waals surface area contributed by atoms with Crippen LogP contribution in [0, 0.1) is 0 Å². The molecule has 0 aromatic heterocycles. The number of nitrogens with zero attached hydrogens (tertiary/aromatic N) is 3. The number of amides is 2. The van der Waals surface area contributed by atoms with Crippen molar-refractivity contribution >= 4 is 17.5 Å². The molecule has 0 N–H and O–H groups in total. The fourth-order valence-electron chi connectivity index (χ4n) is 3.50. The number of rotatable bonds is 4. The third-order valence-electron chi connectivity index (χ3n) is 4.90. The van der Waals surface area contributed by atoms with E-state index < -0.39 is 0 Å². The van der Waals surface area contributed by atoms with Crippen LogP contribution >= 0.6 is 0 Å². The summed E-state index contributed by atoms with van der Waals surface area (Å²) < 4.78 is 5.74. The summed E-state index contributed by atoms with van der Waals surface area (Å²) in [5, 5.41) is 5.42. The van der Waals surface area contributed by atoms with Crippen molar-refractivity contribution in [3.05, 3.63) is 29.8 Å². The number of benzene rings is 1. The number of likely N-dealkylation sites (tertiary alicyclic amines) is 1. The van der Waals surface area contributed by atoms with Gasteiger partial charge >= 0.3 is 0 Å². The van der Waals surface area contributed by atoms with Gasteiger partial charge in [-0.2, -0.15) is 5.10 Å². The molecule has 3 rings (SSSR count). The summed E-state index contributed by atoms with van der Waals surface area (Å²) in [5.74, 6) is 1.29. The van der Waals surface area contributed by atoms with Crippen molar-refractivity contribution < 1.29 is 14.3 Å². The predicted octanol–water partition coefficient (Wildman–Crippen LogP) is 2.40. The zero-order valence-corrected chi connectivity index (χ0v) is 14.9. The Balaban J connectivity index is 1.63. The fraction of sp³-hybridized carbons (Fsp3) is 0.526. The molecule has 0 atom stereocenters. The van der Waals surface area contributed by atoms with Crippen LogP contribution < -0.4 is 4.74 Å². The van der Waals surface area contributed by atoms with E-state index in [1.54, 1.807) is 7.05 Å². The van der Waals surface area contributed by atoms with E-state index in [0.29, 0.717) is 44.2 Å². The first kappa shape index (κ1) is 17.5. The molecule has 2 aliphatic rings. The van der Waals surface area contributed by atoms with Crippen LogP contribution in [0.15, 0.2) is 29.4 Å². The second-order valence-electron chi connectivity index (χ2n) is 6.50. The molecule has 1 saturated heterocycles. The Hall–Kier alpha value is -2.37. The molecule has 0 unspecified atom stereocenters. The number of carbonyl (C=O) groups is 2. The molecule has 0 bridgehead atoms. The van der Waals surface area contributed by atoms with Crippen LogP contribution in [0.5, 0.6) is 5.75 Å². The summed E-state index contributed by atoms with van der Waals surface area (Å²) in [6.07, 6.45) is 2.63. The Morgan fingerprint density at radius 2 is 1.96 bits per heavy atom. The van der Waals surface area contributed by atoms with Gasteiger partial charge in [-0.1, -0.05) is 18.2 Å². The number of hydrogen-bond acceptors (Lipinski definition) is 4. The fourth-order valence-corrected chi connectivity index (χ4v) is 3.50. The highest BCUT2D eigenvalue weighted by molar-refractivity contribution is 6.39. The van der Waals surface area contributed by atoms with E-state index in [9.17, 15) is 9.59 Å². The first-order chi connectivity index (χ1) is 12.1. The van der Waals surface area contributed by atoms with Crippen molar-refractivity contribution in [2.45, 2.75) is 38.5 Å².